The highest BCUT2D eigenvalue weighted by atomic mass is 32.1. The van der Waals surface area contributed by atoms with Crippen LogP contribution in [0.5, 0.6) is 0 Å². The third-order valence-electron chi connectivity index (χ3n) is 4.73. The zero-order chi connectivity index (χ0) is 16.3. The van der Waals surface area contributed by atoms with Gasteiger partial charge in [-0.3, -0.25) is 4.98 Å². The van der Waals surface area contributed by atoms with E-state index < -0.39 is 0 Å². The minimum absolute atomic E-state index is 0.134. The van der Waals surface area contributed by atoms with Gasteiger partial charge >= 0.3 is 0 Å². The SMILES string of the molecule is Cc1ccc(NC(=S)NC2(c3ccccn3)CCCC2)cc1C. The van der Waals surface area contributed by atoms with E-state index in [0.717, 1.165) is 24.2 Å². The molecule has 0 radical (unpaired) electrons. The summed E-state index contributed by atoms with van der Waals surface area (Å²) in [5, 5.41) is 7.54. The molecular weight excluding hydrogens is 302 g/mol. The highest BCUT2D eigenvalue weighted by Crippen LogP contribution is 2.37. The third-order valence-corrected chi connectivity index (χ3v) is 4.93. The number of benzene rings is 1. The first-order chi connectivity index (χ1) is 11.1. The number of hydrogen-bond acceptors (Lipinski definition) is 2. The number of pyridine rings is 1. The summed E-state index contributed by atoms with van der Waals surface area (Å²) in [4.78, 5) is 4.57. The molecule has 3 rings (SSSR count). The molecule has 0 amide bonds. The van der Waals surface area contributed by atoms with Crippen LogP contribution in [0.2, 0.25) is 0 Å². The van der Waals surface area contributed by atoms with Gasteiger partial charge in [-0.2, -0.15) is 0 Å². The third kappa shape index (κ3) is 3.53. The molecule has 1 fully saturated rings. The molecule has 2 N–H and O–H groups in total. The smallest absolute Gasteiger partial charge is 0.171 e. The lowest BCUT2D eigenvalue weighted by atomic mass is 9.93. The summed E-state index contributed by atoms with van der Waals surface area (Å²) in [7, 11) is 0. The molecule has 0 aliphatic heterocycles. The number of aryl methyl sites for hydroxylation is 2. The molecule has 1 aromatic heterocycles. The number of nitrogens with one attached hydrogen (secondary N) is 2. The van der Waals surface area contributed by atoms with Gasteiger partial charge in [0.15, 0.2) is 5.11 Å². The Balaban J connectivity index is 1.75. The van der Waals surface area contributed by atoms with Crippen molar-refractivity contribution in [1.29, 1.82) is 0 Å². The average Bonchev–Trinajstić information content (AvgIpc) is 3.01. The first-order valence-corrected chi connectivity index (χ1v) is 8.58. The molecule has 4 heteroatoms. The zero-order valence-corrected chi connectivity index (χ0v) is 14.5. The van der Waals surface area contributed by atoms with Gasteiger partial charge in [-0.25, -0.2) is 0 Å². The van der Waals surface area contributed by atoms with Gasteiger partial charge in [0.2, 0.25) is 0 Å². The number of rotatable bonds is 3. The number of hydrogen-bond donors (Lipinski definition) is 2. The number of nitrogens with zero attached hydrogens (tertiary/aromatic N) is 1. The molecule has 0 bridgehead atoms. The molecule has 1 aromatic carbocycles. The van der Waals surface area contributed by atoms with E-state index in [1.807, 2.05) is 18.3 Å². The van der Waals surface area contributed by atoms with Crippen molar-refractivity contribution in [2.45, 2.75) is 45.1 Å². The molecule has 0 saturated heterocycles. The van der Waals surface area contributed by atoms with E-state index >= 15 is 0 Å². The van der Waals surface area contributed by atoms with Gasteiger partial charge in [0.05, 0.1) is 11.2 Å². The molecular formula is C19H23N3S. The molecule has 0 spiro atoms. The van der Waals surface area contributed by atoms with Gasteiger partial charge in [0.1, 0.15) is 0 Å². The quantitative estimate of drug-likeness (QED) is 0.817. The maximum Gasteiger partial charge on any atom is 0.171 e. The predicted octanol–water partition coefficient (Wildman–Crippen LogP) is 4.45. The topological polar surface area (TPSA) is 37.0 Å². The van der Waals surface area contributed by atoms with Crippen LogP contribution in [0.15, 0.2) is 42.6 Å². The van der Waals surface area contributed by atoms with Crippen molar-refractivity contribution >= 4 is 23.0 Å². The van der Waals surface area contributed by atoms with Crippen molar-refractivity contribution in [2.75, 3.05) is 5.32 Å². The van der Waals surface area contributed by atoms with Crippen molar-refractivity contribution in [3.63, 3.8) is 0 Å². The zero-order valence-electron chi connectivity index (χ0n) is 13.7. The van der Waals surface area contributed by atoms with Crippen LogP contribution < -0.4 is 10.6 Å². The Hall–Kier alpha value is -1.94. The first-order valence-electron chi connectivity index (χ1n) is 8.17. The summed E-state index contributed by atoms with van der Waals surface area (Å²) in [6.07, 6.45) is 6.40. The van der Waals surface area contributed by atoms with Crippen LogP contribution in [-0.4, -0.2) is 10.1 Å². The van der Waals surface area contributed by atoms with Crippen molar-refractivity contribution in [2.24, 2.45) is 0 Å². The van der Waals surface area contributed by atoms with Gasteiger partial charge < -0.3 is 10.6 Å². The van der Waals surface area contributed by atoms with Gasteiger partial charge in [-0.05, 0) is 74.3 Å². The van der Waals surface area contributed by atoms with E-state index in [-0.39, 0.29) is 5.54 Å². The molecule has 1 heterocycles. The standard InChI is InChI=1S/C19H23N3S/c1-14-8-9-16(13-15(14)2)21-18(23)22-19(10-4-5-11-19)17-7-3-6-12-20-17/h3,6-9,12-13H,4-5,10-11H2,1-2H3,(H2,21,22,23). The van der Waals surface area contributed by atoms with Crippen molar-refractivity contribution in [3.05, 3.63) is 59.4 Å². The maximum atomic E-state index is 5.57. The maximum absolute atomic E-state index is 5.57. The number of aromatic nitrogens is 1. The minimum Gasteiger partial charge on any atom is -0.351 e. The summed E-state index contributed by atoms with van der Waals surface area (Å²) < 4.78 is 0. The van der Waals surface area contributed by atoms with E-state index in [0.29, 0.717) is 5.11 Å². The number of thiocarbonyl (C=S) groups is 1. The summed E-state index contributed by atoms with van der Waals surface area (Å²) in [6, 6.07) is 12.4. The Labute approximate surface area is 143 Å². The summed E-state index contributed by atoms with van der Waals surface area (Å²) in [5.41, 5.74) is 4.53. The normalized spacial score (nSPS) is 16.1. The van der Waals surface area contributed by atoms with Crippen molar-refractivity contribution in [1.82, 2.24) is 10.3 Å². The number of anilines is 1. The Bertz CT molecular complexity index is 691. The molecule has 0 unspecified atom stereocenters. The highest BCUT2D eigenvalue weighted by molar-refractivity contribution is 7.80. The van der Waals surface area contributed by atoms with Gasteiger partial charge in [-0.1, -0.05) is 25.0 Å². The molecule has 0 atom stereocenters. The van der Waals surface area contributed by atoms with E-state index in [1.54, 1.807) is 0 Å². The molecule has 2 aromatic rings. The second-order valence-electron chi connectivity index (χ2n) is 6.38. The van der Waals surface area contributed by atoms with Crippen LogP contribution in [-0.2, 0) is 5.54 Å². The van der Waals surface area contributed by atoms with Gasteiger partial charge in [-0.15, -0.1) is 0 Å². The van der Waals surface area contributed by atoms with Crippen LogP contribution in [0.3, 0.4) is 0 Å². The predicted molar refractivity (Wildman–Crippen MR) is 99.7 cm³/mol. The Morgan fingerprint density at radius 3 is 2.52 bits per heavy atom. The van der Waals surface area contributed by atoms with E-state index in [2.05, 4.69) is 53.7 Å². The lowest BCUT2D eigenvalue weighted by Gasteiger charge is -2.31. The lowest BCUT2D eigenvalue weighted by Crippen LogP contribution is -2.46. The second-order valence-corrected chi connectivity index (χ2v) is 6.79. The van der Waals surface area contributed by atoms with E-state index in [9.17, 15) is 0 Å². The molecule has 1 saturated carbocycles. The first kappa shape index (κ1) is 15.9. The second kappa shape index (κ2) is 6.67. The average molecular weight is 325 g/mol. The molecule has 1 aliphatic carbocycles. The van der Waals surface area contributed by atoms with E-state index in [4.69, 9.17) is 12.2 Å². The van der Waals surface area contributed by atoms with Crippen LogP contribution in [0.1, 0.15) is 42.5 Å². The summed E-state index contributed by atoms with van der Waals surface area (Å²) in [6.45, 7) is 4.23. The fraction of sp³-hybridized carbons (Fsp3) is 0.368. The molecule has 1 aliphatic rings. The Morgan fingerprint density at radius 1 is 1.09 bits per heavy atom. The Kier molecular flexibility index (Phi) is 4.62. The summed E-state index contributed by atoms with van der Waals surface area (Å²) in [5.74, 6) is 0. The molecule has 3 nitrogen and oxygen atoms in total. The van der Waals surface area contributed by atoms with Crippen molar-refractivity contribution in [3.8, 4) is 0 Å². The summed E-state index contributed by atoms with van der Waals surface area (Å²) >= 11 is 5.57. The fourth-order valence-electron chi connectivity index (χ4n) is 3.27. The largest absolute Gasteiger partial charge is 0.351 e. The van der Waals surface area contributed by atoms with Gasteiger partial charge in [0.25, 0.3) is 0 Å². The molecule has 23 heavy (non-hydrogen) atoms. The fourth-order valence-corrected chi connectivity index (χ4v) is 3.58. The van der Waals surface area contributed by atoms with Crippen LogP contribution in [0.25, 0.3) is 0 Å². The van der Waals surface area contributed by atoms with Crippen LogP contribution in [0, 0.1) is 13.8 Å². The van der Waals surface area contributed by atoms with E-state index in [1.165, 1.54) is 24.0 Å². The van der Waals surface area contributed by atoms with Crippen LogP contribution in [0.4, 0.5) is 5.69 Å². The monoisotopic (exact) mass is 325 g/mol. The highest BCUT2D eigenvalue weighted by Gasteiger charge is 2.37. The van der Waals surface area contributed by atoms with Gasteiger partial charge in [0, 0.05) is 11.9 Å². The van der Waals surface area contributed by atoms with Crippen LogP contribution >= 0.6 is 12.2 Å². The Morgan fingerprint density at radius 2 is 1.87 bits per heavy atom. The molecule has 120 valence electrons. The minimum atomic E-state index is -0.134. The van der Waals surface area contributed by atoms with Crippen molar-refractivity contribution < 1.29 is 0 Å². The lowest BCUT2D eigenvalue weighted by molar-refractivity contribution is 0.396.